The van der Waals surface area contributed by atoms with E-state index in [1.165, 1.54) is 51.4 Å². The summed E-state index contributed by atoms with van der Waals surface area (Å²) in [7, 11) is 0. The molecule has 0 aromatic carbocycles. The number of hydrogen-bond donors (Lipinski definition) is 0. The minimum absolute atomic E-state index is 0.194. The lowest BCUT2D eigenvalue weighted by molar-refractivity contribution is -0.0733. The second-order valence-corrected chi connectivity index (χ2v) is 6.21. The first-order chi connectivity index (χ1) is 7.75. The molecule has 0 amide bonds. The molecule has 0 aromatic heterocycles. The van der Waals surface area contributed by atoms with Crippen LogP contribution in [0.1, 0.15) is 58.3 Å². The van der Waals surface area contributed by atoms with Crippen molar-refractivity contribution in [1.29, 1.82) is 0 Å². The highest BCUT2D eigenvalue weighted by atomic mass is 16.6. The molecule has 16 heavy (non-hydrogen) atoms. The van der Waals surface area contributed by atoms with Gasteiger partial charge in [0, 0.05) is 0 Å². The van der Waals surface area contributed by atoms with Gasteiger partial charge in [0.05, 0.1) is 24.4 Å². The molecule has 2 aliphatic carbocycles. The van der Waals surface area contributed by atoms with Gasteiger partial charge in [0.1, 0.15) is 0 Å². The second-order valence-electron chi connectivity index (χ2n) is 6.21. The van der Waals surface area contributed by atoms with Crippen LogP contribution in [0.3, 0.4) is 0 Å². The molecule has 3 atom stereocenters. The summed E-state index contributed by atoms with van der Waals surface area (Å²) in [5.41, 5.74) is 0.194. The molecule has 1 saturated heterocycles. The summed E-state index contributed by atoms with van der Waals surface area (Å²) in [5.74, 6) is 0.766. The zero-order valence-corrected chi connectivity index (χ0v) is 10.4. The number of rotatable bonds is 3. The lowest BCUT2D eigenvalue weighted by atomic mass is 9.85. The van der Waals surface area contributed by atoms with Crippen molar-refractivity contribution in [3.8, 4) is 0 Å². The Morgan fingerprint density at radius 3 is 2.69 bits per heavy atom. The predicted molar refractivity (Wildman–Crippen MR) is 63.4 cm³/mol. The number of ether oxygens (including phenoxy) is 2. The van der Waals surface area contributed by atoms with Gasteiger partial charge in [-0.15, -0.1) is 0 Å². The predicted octanol–water partition coefficient (Wildman–Crippen LogP) is 3.29. The van der Waals surface area contributed by atoms with Crippen LogP contribution in [0, 0.1) is 5.92 Å². The minimum Gasteiger partial charge on any atom is -0.375 e. The van der Waals surface area contributed by atoms with E-state index < -0.39 is 0 Å². The Morgan fingerprint density at radius 2 is 1.94 bits per heavy atom. The van der Waals surface area contributed by atoms with Crippen LogP contribution in [0.15, 0.2) is 0 Å². The molecule has 3 aliphatic rings. The summed E-state index contributed by atoms with van der Waals surface area (Å²) in [4.78, 5) is 0. The molecular formula is C14H24O2. The fraction of sp³-hybridized carbons (Fsp3) is 1.00. The quantitative estimate of drug-likeness (QED) is 0.686. The van der Waals surface area contributed by atoms with E-state index in [4.69, 9.17) is 9.47 Å². The minimum atomic E-state index is 0.194. The molecule has 2 saturated carbocycles. The van der Waals surface area contributed by atoms with E-state index in [0.717, 1.165) is 12.5 Å². The molecule has 1 heterocycles. The van der Waals surface area contributed by atoms with Gasteiger partial charge in [-0.2, -0.15) is 0 Å². The monoisotopic (exact) mass is 224 g/mol. The zero-order valence-electron chi connectivity index (χ0n) is 10.4. The third kappa shape index (κ3) is 2.43. The van der Waals surface area contributed by atoms with Crippen LogP contribution in [-0.4, -0.2) is 24.4 Å². The van der Waals surface area contributed by atoms with Crippen molar-refractivity contribution in [2.24, 2.45) is 5.92 Å². The lowest BCUT2D eigenvalue weighted by Gasteiger charge is -2.35. The average molecular weight is 224 g/mol. The fourth-order valence-corrected chi connectivity index (χ4v) is 3.40. The van der Waals surface area contributed by atoms with Gasteiger partial charge in [-0.3, -0.25) is 0 Å². The van der Waals surface area contributed by atoms with Gasteiger partial charge >= 0.3 is 0 Å². The fourth-order valence-electron chi connectivity index (χ4n) is 3.40. The SMILES string of the molecule is CC1(OCC2CCC3OC3C2)CCCCC1. The lowest BCUT2D eigenvalue weighted by Crippen LogP contribution is -2.34. The molecule has 3 fully saturated rings. The standard InChI is InChI=1S/C14H24O2/c1-14(7-3-2-4-8-14)15-10-11-5-6-12-13(9-11)16-12/h11-13H,2-10H2,1H3. The van der Waals surface area contributed by atoms with Gasteiger partial charge < -0.3 is 9.47 Å². The van der Waals surface area contributed by atoms with E-state index in [1.807, 2.05) is 0 Å². The van der Waals surface area contributed by atoms with E-state index in [9.17, 15) is 0 Å². The van der Waals surface area contributed by atoms with E-state index >= 15 is 0 Å². The largest absolute Gasteiger partial charge is 0.375 e. The summed E-state index contributed by atoms with van der Waals surface area (Å²) in [6.45, 7) is 3.29. The van der Waals surface area contributed by atoms with Crippen LogP contribution >= 0.6 is 0 Å². The van der Waals surface area contributed by atoms with Crippen LogP contribution in [-0.2, 0) is 9.47 Å². The summed E-state index contributed by atoms with van der Waals surface area (Å²) in [6.07, 6.45) is 11.7. The molecule has 0 radical (unpaired) electrons. The molecule has 0 aromatic rings. The smallest absolute Gasteiger partial charge is 0.0845 e. The molecule has 0 bridgehead atoms. The van der Waals surface area contributed by atoms with Crippen LogP contribution < -0.4 is 0 Å². The van der Waals surface area contributed by atoms with Crippen LogP contribution in [0.5, 0.6) is 0 Å². The first-order valence-corrected chi connectivity index (χ1v) is 7.05. The Kier molecular flexibility index (Phi) is 2.97. The van der Waals surface area contributed by atoms with Crippen LogP contribution in [0.4, 0.5) is 0 Å². The van der Waals surface area contributed by atoms with Crippen molar-refractivity contribution in [3.63, 3.8) is 0 Å². The summed E-state index contributed by atoms with van der Waals surface area (Å²) in [6, 6.07) is 0. The Hall–Kier alpha value is -0.0800. The summed E-state index contributed by atoms with van der Waals surface area (Å²) < 4.78 is 11.8. The van der Waals surface area contributed by atoms with Crippen LogP contribution in [0.25, 0.3) is 0 Å². The molecule has 2 nitrogen and oxygen atoms in total. The molecule has 1 aliphatic heterocycles. The van der Waals surface area contributed by atoms with E-state index in [0.29, 0.717) is 12.2 Å². The summed E-state index contributed by atoms with van der Waals surface area (Å²) >= 11 is 0. The maximum atomic E-state index is 6.22. The maximum Gasteiger partial charge on any atom is 0.0845 e. The molecule has 92 valence electrons. The van der Waals surface area contributed by atoms with Crippen molar-refractivity contribution in [2.45, 2.75) is 76.1 Å². The zero-order chi connectivity index (χ0) is 11.0. The normalized spacial score (nSPS) is 41.4. The molecule has 0 spiro atoms. The van der Waals surface area contributed by atoms with E-state index in [1.54, 1.807) is 0 Å². The molecule has 3 rings (SSSR count). The average Bonchev–Trinajstić information content (AvgIpc) is 3.06. The Labute approximate surface area is 98.7 Å². The van der Waals surface area contributed by atoms with Gasteiger partial charge in [-0.25, -0.2) is 0 Å². The first-order valence-electron chi connectivity index (χ1n) is 7.05. The third-order valence-corrected chi connectivity index (χ3v) is 4.69. The number of hydrogen-bond acceptors (Lipinski definition) is 2. The summed E-state index contributed by atoms with van der Waals surface area (Å²) in [5, 5.41) is 0. The highest BCUT2D eigenvalue weighted by Gasteiger charge is 2.44. The van der Waals surface area contributed by atoms with E-state index in [2.05, 4.69) is 6.92 Å². The van der Waals surface area contributed by atoms with Gasteiger partial charge in [-0.05, 0) is 44.9 Å². The number of fused-ring (bicyclic) bond motifs is 1. The number of epoxide rings is 1. The van der Waals surface area contributed by atoms with Crippen molar-refractivity contribution in [1.82, 2.24) is 0 Å². The highest BCUT2D eigenvalue weighted by molar-refractivity contribution is 4.92. The third-order valence-electron chi connectivity index (χ3n) is 4.69. The van der Waals surface area contributed by atoms with Gasteiger partial charge in [0.25, 0.3) is 0 Å². The Morgan fingerprint density at radius 1 is 1.12 bits per heavy atom. The highest BCUT2D eigenvalue weighted by Crippen LogP contribution is 2.40. The molecule has 3 unspecified atom stereocenters. The molecule has 2 heteroatoms. The van der Waals surface area contributed by atoms with Crippen molar-refractivity contribution in [2.75, 3.05) is 6.61 Å². The van der Waals surface area contributed by atoms with Gasteiger partial charge in [0.15, 0.2) is 0 Å². The molecular weight excluding hydrogens is 200 g/mol. The van der Waals surface area contributed by atoms with Crippen molar-refractivity contribution in [3.05, 3.63) is 0 Å². The van der Waals surface area contributed by atoms with Crippen molar-refractivity contribution < 1.29 is 9.47 Å². The van der Waals surface area contributed by atoms with Gasteiger partial charge in [0.2, 0.25) is 0 Å². The van der Waals surface area contributed by atoms with E-state index in [-0.39, 0.29) is 5.60 Å². The first kappa shape index (κ1) is 11.0. The molecule has 0 N–H and O–H groups in total. The topological polar surface area (TPSA) is 21.8 Å². The Balaban J connectivity index is 1.44. The second kappa shape index (κ2) is 4.30. The maximum absolute atomic E-state index is 6.22. The van der Waals surface area contributed by atoms with Crippen LogP contribution in [0.2, 0.25) is 0 Å². The van der Waals surface area contributed by atoms with Gasteiger partial charge in [-0.1, -0.05) is 19.3 Å². The Bertz CT molecular complexity index is 245. The van der Waals surface area contributed by atoms with Crippen molar-refractivity contribution >= 4 is 0 Å².